The van der Waals surface area contributed by atoms with Crippen molar-refractivity contribution in [2.24, 2.45) is 5.92 Å². The first-order valence-electron chi connectivity index (χ1n) is 12.1. The van der Waals surface area contributed by atoms with E-state index in [1.54, 1.807) is 0 Å². The summed E-state index contributed by atoms with van der Waals surface area (Å²) in [7, 11) is 0. The number of aliphatic carboxylic acids is 2. The SMILES string of the molecule is CC(C)COC(=O)CCN1CCC(=C2c3ccccc3COc3ccccc32)CC1.O=C(O)C(=O)O. The van der Waals surface area contributed by atoms with Crippen molar-refractivity contribution in [2.75, 3.05) is 26.2 Å². The van der Waals surface area contributed by atoms with E-state index >= 15 is 0 Å². The summed E-state index contributed by atoms with van der Waals surface area (Å²) >= 11 is 0. The summed E-state index contributed by atoms with van der Waals surface area (Å²) in [6.07, 6.45) is 2.50. The first kappa shape index (κ1) is 26.9. The third-order valence-corrected chi connectivity index (χ3v) is 6.03. The van der Waals surface area contributed by atoms with Crippen LogP contribution in [0.5, 0.6) is 5.75 Å². The molecule has 0 amide bonds. The summed E-state index contributed by atoms with van der Waals surface area (Å²) in [6, 6.07) is 17.0. The van der Waals surface area contributed by atoms with Gasteiger partial charge in [0.05, 0.1) is 13.0 Å². The van der Waals surface area contributed by atoms with E-state index < -0.39 is 11.9 Å². The second-order valence-electron chi connectivity index (χ2n) is 9.20. The van der Waals surface area contributed by atoms with E-state index in [0.29, 0.717) is 25.6 Å². The molecule has 0 atom stereocenters. The number of ether oxygens (including phenoxy) is 2. The second-order valence-corrected chi connectivity index (χ2v) is 9.20. The maximum absolute atomic E-state index is 11.9. The van der Waals surface area contributed by atoms with Gasteiger partial charge >= 0.3 is 17.9 Å². The molecule has 2 aromatic carbocycles. The minimum Gasteiger partial charge on any atom is -0.488 e. The van der Waals surface area contributed by atoms with Crippen LogP contribution >= 0.6 is 0 Å². The number of carbonyl (C=O) groups excluding carboxylic acids is 1. The number of para-hydroxylation sites is 1. The number of carboxylic acid groups (broad SMARTS) is 2. The molecule has 2 heterocycles. The Morgan fingerprint density at radius 2 is 1.56 bits per heavy atom. The fourth-order valence-corrected chi connectivity index (χ4v) is 4.25. The van der Waals surface area contributed by atoms with E-state index in [-0.39, 0.29) is 5.97 Å². The van der Waals surface area contributed by atoms with E-state index in [1.807, 2.05) is 6.07 Å². The van der Waals surface area contributed by atoms with Crippen molar-refractivity contribution in [2.45, 2.75) is 39.7 Å². The first-order valence-corrected chi connectivity index (χ1v) is 12.1. The van der Waals surface area contributed by atoms with Crippen LogP contribution in [0.1, 0.15) is 49.8 Å². The Labute approximate surface area is 211 Å². The molecule has 0 bridgehead atoms. The molecule has 36 heavy (non-hydrogen) atoms. The molecule has 0 unspecified atom stereocenters. The van der Waals surface area contributed by atoms with Crippen LogP contribution in [0.25, 0.3) is 5.57 Å². The summed E-state index contributed by atoms with van der Waals surface area (Å²) in [4.78, 5) is 32.5. The predicted octanol–water partition coefficient (Wildman–Crippen LogP) is 4.22. The third-order valence-electron chi connectivity index (χ3n) is 6.03. The molecule has 2 aliphatic heterocycles. The summed E-state index contributed by atoms with van der Waals surface area (Å²) < 4.78 is 11.4. The van der Waals surface area contributed by atoms with E-state index in [9.17, 15) is 4.79 Å². The fourth-order valence-electron chi connectivity index (χ4n) is 4.25. The van der Waals surface area contributed by atoms with Crippen molar-refractivity contribution in [1.82, 2.24) is 4.90 Å². The van der Waals surface area contributed by atoms with Crippen LogP contribution in [0.15, 0.2) is 54.1 Å². The van der Waals surface area contributed by atoms with E-state index in [1.165, 1.54) is 27.8 Å². The fraction of sp³-hybridized carbons (Fsp3) is 0.393. The summed E-state index contributed by atoms with van der Waals surface area (Å²) in [5.74, 6) is -2.39. The van der Waals surface area contributed by atoms with Crippen LogP contribution in [0, 0.1) is 5.92 Å². The third kappa shape index (κ3) is 7.42. The lowest BCUT2D eigenvalue weighted by atomic mass is 9.86. The van der Waals surface area contributed by atoms with Gasteiger partial charge in [-0.1, -0.05) is 61.9 Å². The first-order chi connectivity index (χ1) is 17.3. The van der Waals surface area contributed by atoms with Gasteiger partial charge in [-0.25, -0.2) is 9.59 Å². The lowest BCUT2D eigenvalue weighted by molar-refractivity contribution is -0.159. The number of carboxylic acids is 2. The zero-order valence-corrected chi connectivity index (χ0v) is 20.7. The Balaban J connectivity index is 0.000000538. The van der Waals surface area contributed by atoms with Crippen molar-refractivity contribution in [1.29, 1.82) is 0 Å². The highest BCUT2D eigenvalue weighted by Gasteiger charge is 2.24. The number of benzene rings is 2. The minimum absolute atomic E-state index is 0.0865. The van der Waals surface area contributed by atoms with Crippen LogP contribution < -0.4 is 4.74 Å². The van der Waals surface area contributed by atoms with Crippen LogP contribution in [0.2, 0.25) is 0 Å². The molecule has 8 nitrogen and oxygen atoms in total. The Hall–Kier alpha value is -3.65. The van der Waals surface area contributed by atoms with Gasteiger partial charge in [-0.15, -0.1) is 0 Å². The number of fused-ring (bicyclic) bond motifs is 2. The average Bonchev–Trinajstić information content (AvgIpc) is 3.04. The molecule has 0 saturated carbocycles. The number of hydrogen-bond donors (Lipinski definition) is 2. The number of esters is 1. The normalized spacial score (nSPS) is 15.0. The van der Waals surface area contributed by atoms with Crippen LogP contribution in [-0.4, -0.2) is 59.3 Å². The van der Waals surface area contributed by atoms with E-state index in [4.69, 9.17) is 29.3 Å². The highest BCUT2D eigenvalue weighted by atomic mass is 16.5. The Morgan fingerprint density at radius 3 is 2.19 bits per heavy atom. The molecule has 2 aliphatic rings. The maximum Gasteiger partial charge on any atom is 0.414 e. The van der Waals surface area contributed by atoms with Crippen molar-refractivity contribution >= 4 is 23.5 Å². The topological polar surface area (TPSA) is 113 Å². The summed E-state index contributed by atoms with van der Waals surface area (Å²) in [5, 5.41) is 14.8. The zero-order valence-electron chi connectivity index (χ0n) is 20.7. The molecule has 0 aromatic heterocycles. The molecule has 8 heteroatoms. The van der Waals surface area contributed by atoms with Crippen molar-refractivity contribution in [3.05, 3.63) is 70.8 Å². The van der Waals surface area contributed by atoms with Gasteiger partial charge in [-0.05, 0) is 41.5 Å². The monoisotopic (exact) mass is 495 g/mol. The molecule has 2 aromatic rings. The smallest absolute Gasteiger partial charge is 0.414 e. The number of hydrogen-bond acceptors (Lipinski definition) is 6. The number of carbonyl (C=O) groups is 3. The maximum atomic E-state index is 11.9. The van der Waals surface area contributed by atoms with Gasteiger partial charge in [0.15, 0.2) is 0 Å². The molecule has 4 rings (SSSR count). The van der Waals surface area contributed by atoms with Crippen molar-refractivity contribution in [3.8, 4) is 5.75 Å². The van der Waals surface area contributed by atoms with Crippen LogP contribution in [0.3, 0.4) is 0 Å². The number of rotatable bonds is 5. The lowest BCUT2D eigenvalue weighted by Crippen LogP contribution is -2.33. The van der Waals surface area contributed by atoms with Crippen LogP contribution in [-0.2, 0) is 25.7 Å². The van der Waals surface area contributed by atoms with Gasteiger partial charge in [-0.3, -0.25) is 4.79 Å². The van der Waals surface area contributed by atoms with Crippen molar-refractivity contribution in [3.63, 3.8) is 0 Å². The molecule has 0 radical (unpaired) electrons. The minimum atomic E-state index is -1.82. The van der Waals surface area contributed by atoms with Gasteiger partial charge in [-0.2, -0.15) is 0 Å². The Morgan fingerprint density at radius 1 is 0.944 bits per heavy atom. The highest BCUT2D eigenvalue weighted by Crippen LogP contribution is 2.40. The molecule has 192 valence electrons. The standard InChI is InChI=1S/C26H31NO3.C2H2O4/c1-19(2)17-30-25(28)13-16-27-14-11-20(12-15-27)26-22-8-4-3-7-21(22)18-29-24-10-6-5-9-23(24)26;3-1(4)2(5)6/h3-10,19H,11-18H2,1-2H3;(H,3,4)(H,5,6). The van der Waals surface area contributed by atoms with Gasteiger partial charge in [0.1, 0.15) is 12.4 Å². The predicted molar refractivity (Wildman–Crippen MR) is 135 cm³/mol. The number of nitrogens with zero attached hydrogens (tertiary/aromatic N) is 1. The van der Waals surface area contributed by atoms with E-state index in [0.717, 1.165) is 38.2 Å². The van der Waals surface area contributed by atoms with Crippen molar-refractivity contribution < 1.29 is 34.1 Å². The zero-order chi connectivity index (χ0) is 26.1. The highest BCUT2D eigenvalue weighted by molar-refractivity contribution is 6.27. The Bertz CT molecular complexity index is 1050. The van der Waals surface area contributed by atoms with Gasteiger partial charge < -0.3 is 24.6 Å². The quantitative estimate of drug-likeness (QED) is 0.468. The molecule has 2 N–H and O–H groups in total. The molecule has 1 fully saturated rings. The average molecular weight is 496 g/mol. The van der Waals surface area contributed by atoms with Crippen LogP contribution in [0.4, 0.5) is 0 Å². The van der Waals surface area contributed by atoms with Gasteiger partial charge in [0.25, 0.3) is 0 Å². The summed E-state index contributed by atoms with van der Waals surface area (Å²) in [6.45, 7) is 7.95. The summed E-state index contributed by atoms with van der Waals surface area (Å²) in [5.41, 5.74) is 6.56. The molecule has 0 spiro atoms. The lowest BCUT2D eigenvalue weighted by Gasteiger charge is -2.30. The van der Waals surface area contributed by atoms with Gasteiger partial charge in [0, 0.05) is 25.2 Å². The largest absolute Gasteiger partial charge is 0.488 e. The number of likely N-dealkylation sites (tertiary alicyclic amines) is 1. The number of piperidine rings is 1. The van der Waals surface area contributed by atoms with E-state index in [2.05, 4.69) is 61.2 Å². The molecular formula is C28H33NO7. The van der Waals surface area contributed by atoms with Gasteiger partial charge in [0.2, 0.25) is 0 Å². The molecular weight excluding hydrogens is 462 g/mol. The second kappa shape index (κ2) is 12.9. The molecule has 0 aliphatic carbocycles. The Kier molecular flexibility index (Phi) is 9.64. The molecule has 1 saturated heterocycles.